The zero-order chi connectivity index (χ0) is 17.0. The van der Waals surface area contributed by atoms with Crippen LogP contribution in [0.4, 0.5) is 0 Å². The van der Waals surface area contributed by atoms with Crippen LogP contribution in [0.2, 0.25) is 0 Å². The molecule has 23 heavy (non-hydrogen) atoms. The molecule has 2 saturated heterocycles. The minimum absolute atomic E-state index is 0.0432. The molecule has 2 aliphatic heterocycles. The molecule has 0 bridgehead atoms. The van der Waals surface area contributed by atoms with E-state index in [1.807, 2.05) is 0 Å². The molecule has 2 atom stereocenters. The van der Waals surface area contributed by atoms with E-state index in [0.29, 0.717) is 19.5 Å². The Morgan fingerprint density at radius 3 is 2.52 bits per heavy atom. The van der Waals surface area contributed by atoms with Gasteiger partial charge < -0.3 is 14.5 Å². The summed E-state index contributed by atoms with van der Waals surface area (Å²) >= 11 is 0. The zero-order valence-corrected chi connectivity index (χ0v) is 14.7. The van der Waals surface area contributed by atoms with Crippen LogP contribution in [-0.2, 0) is 24.2 Å². The smallest absolute Gasteiger partial charge is 0.224 e. The summed E-state index contributed by atoms with van der Waals surface area (Å²) in [6, 6.07) is -0.239. The van der Waals surface area contributed by atoms with Crippen molar-refractivity contribution >= 4 is 21.7 Å². The van der Waals surface area contributed by atoms with E-state index >= 15 is 0 Å². The van der Waals surface area contributed by atoms with Crippen molar-refractivity contribution in [1.82, 2.24) is 9.80 Å². The highest BCUT2D eigenvalue weighted by atomic mass is 32.2. The summed E-state index contributed by atoms with van der Waals surface area (Å²) in [4.78, 5) is 27.2. The fourth-order valence-electron chi connectivity index (χ4n) is 3.10. The van der Waals surface area contributed by atoms with Gasteiger partial charge in [0.15, 0.2) is 9.84 Å². The predicted octanol–water partition coefficient (Wildman–Crippen LogP) is 0.0495. The molecule has 2 aliphatic rings. The molecule has 0 aliphatic carbocycles. The van der Waals surface area contributed by atoms with Crippen LogP contribution in [0.15, 0.2) is 0 Å². The van der Waals surface area contributed by atoms with E-state index < -0.39 is 9.84 Å². The highest BCUT2D eigenvalue weighted by molar-refractivity contribution is 7.91. The summed E-state index contributed by atoms with van der Waals surface area (Å²) in [6.07, 6.45) is 2.72. The van der Waals surface area contributed by atoms with Crippen LogP contribution in [0.25, 0.3) is 0 Å². The molecule has 8 heteroatoms. The van der Waals surface area contributed by atoms with Crippen molar-refractivity contribution in [2.75, 3.05) is 38.2 Å². The molecule has 0 N–H and O–H groups in total. The van der Waals surface area contributed by atoms with Gasteiger partial charge in [-0.3, -0.25) is 9.59 Å². The largest absolute Gasteiger partial charge is 0.376 e. The molecule has 2 heterocycles. The molecule has 2 unspecified atom stereocenters. The summed E-state index contributed by atoms with van der Waals surface area (Å²) < 4.78 is 28.6. The minimum Gasteiger partial charge on any atom is -0.376 e. The van der Waals surface area contributed by atoms with Crippen LogP contribution < -0.4 is 0 Å². The summed E-state index contributed by atoms with van der Waals surface area (Å²) in [6.45, 7) is 3.09. The van der Waals surface area contributed by atoms with Crippen LogP contribution in [0.5, 0.6) is 0 Å². The Balaban J connectivity index is 1.82. The topological polar surface area (TPSA) is 84.0 Å². The normalized spacial score (nSPS) is 26.2. The molecule has 7 nitrogen and oxygen atoms in total. The lowest BCUT2D eigenvalue weighted by Crippen LogP contribution is -2.41. The van der Waals surface area contributed by atoms with Gasteiger partial charge in [-0.2, -0.15) is 0 Å². The SMILES string of the molecule is CC(=O)N(CCC(=O)N(C)C1CCS(=O)(=O)C1)CC1CCCO1. The summed E-state index contributed by atoms with van der Waals surface area (Å²) in [5, 5.41) is 0. The van der Waals surface area contributed by atoms with Crippen LogP contribution in [-0.4, -0.2) is 80.4 Å². The van der Waals surface area contributed by atoms with E-state index in [4.69, 9.17) is 4.74 Å². The van der Waals surface area contributed by atoms with Crippen molar-refractivity contribution in [3.05, 3.63) is 0 Å². The maximum Gasteiger partial charge on any atom is 0.224 e. The van der Waals surface area contributed by atoms with Crippen molar-refractivity contribution in [2.24, 2.45) is 0 Å². The molecule has 0 aromatic carbocycles. The quantitative estimate of drug-likeness (QED) is 0.678. The van der Waals surface area contributed by atoms with E-state index in [1.165, 1.54) is 11.8 Å². The number of carbonyl (C=O) groups is 2. The van der Waals surface area contributed by atoms with E-state index in [9.17, 15) is 18.0 Å². The Morgan fingerprint density at radius 1 is 1.26 bits per heavy atom. The van der Waals surface area contributed by atoms with Gasteiger partial charge in [0.2, 0.25) is 11.8 Å². The average molecular weight is 346 g/mol. The predicted molar refractivity (Wildman–Crippen MR) is 85.7 cm³/mol. The minimum atomic E-state index is -3.01. The zero-order valence-electron chi connectivity index (χ0n) is 13.9. The van der Waals surface area contributed by atoms with E-state index in [2.05, 4.69) is 0 Å². The van der Waals surface area contributed by atoms with Gasteiger partial charge in [-0.15, -0.1) is 0 Å². The second-order valence-electron chi connectivity index (χ2n) is 6.41. The van der Waals surface area contributed by atoms with E-state index in [0.717, 1.165) is 19.4 Å². The number of carbonyl (C=O) groups excluding carboxylic acids is 2. The van der Waals surface area contributed by atoms with Gasteiger partial charge in [0.1, 0.15) is 0 Å². The molecule has 0 spiro atoms. The van der Waals surface area contributed by atoms with Crippen LogP contribution >= 0.6 is 0 Å². The van der Waals surface area contributed by atoms with Crippen molar-refractivity contribution in [1.29, 1.82) is 0 Å². The standard InChI is InChI=1S/C15H26N2O5S/c1-12(18)17(10-14-4-3-8-22-14)7-5-15(19)16(2)13-6-9-23(20,21)11-13/h13-14H,3-11H2,1-2H3. The molecule has 132 valence electrons. The van der Waals surface area contributed by atoms with Crippen molar-refractivity contribution < 1.29 is 22.7 Å². The Labute approximate surface area is 137 Å². The molecular weight excluding hydrogens is 320 g/mol. The molecule has 2 rings (SSSR count). The Bertz CT molecular complexity index is 542. The molecule has 0 aromatic rings. The molecule has 2 amide bonds. The Hall–Kier alpha value is -1.15. The number of amides is 2. The molecule has 2 fully saturated rings. The fraction of sp³-hybridized carbons (Fsp3) is 0.867. The third kappa shape index (κ3) is 5.17. The fourth-order valence-corrected chi connectivity index (χ4v) is 4.88. The van der Waals surface area contributed by atoms with Gasteiger partial charge >= 0.3 is 0 Å². The second-order valence-corrected chi connectivity index (χ2v) is 8.64. The van der Waals surface area contributed by atoms with Crippen LogP contribution in [0, 0.1) is 0 Å². The average Bonchev–Trinajstić information content (AvgIpc) is 3.11. The summed E-state index contributed by atoms with van der Waals surface area (Å²) in [5.74, 6) is 0.000200. The maximum atomic E-state index is 12.3. The third-order valence-electron chi connectivity index (χ3n) is 4.64. The van der Waals surface area contributed by atoms with Crippen molar-refractivity contribution in [2.45, 2.75) is 44.8 Å². The first kappa shape index (κ1) is 18.2. The van der Waals surface area contributed by atoms with Gasteiger partial charge in [-0.05, 0) is 19.3 Å². The first-order valence-electron chi connectivity index (χ1n) is 8.11. The molecule has 0 saturated carbocycles. The van der Waals surface area contributed by atoms with Crippen LogP contribution in [0.3, 0.4) is 0 Å². The number of sulfone groups is 1. The third-order valence-corrected chi connectivity index (χ3v) is 6.39. The van der Waals surface area contributed by atoms with Crippen molar-refractivity contribution in [3.63, 3.8) is 0 Å². The lowest BCUT2D eigenvalue weighted by Gasteiger charge is -2.27. The van der Waals surface area contributed by atoms with Crippen LogP contribution in [0.1, 0.15) is 32.6 Å². The maximum absolute atomic E-state index is 12.3. The highest BCUT2D eigenvalue weighted by Crippen LogP contribution is 2.18. The number of hydrogen-bond acceptors (Lipinski definition) is 5. The number of nitrogens with zero attached hydrogens (tertiary/aromatic N) is 2. The number of ether oxygens (including phenoxy) is 1. The first-order chi connectivity index (χ1) is 10.8. The van der Waals surface area contributed by atoms with E-state index in [-0.39, 0.29) is 41.9 Å². The Kier molecular flexibility index (Phi) is 6.02. The monoisotopic (exact) mass is 346 g/mol. The second kappa shape index (κ2) is 7.61. The van der Waals surface area contributed by atoms with E-state index in [1.54, 1.807) is 11.9 Å². The van der Waals surface area contributed by atoms with Gasteiger partial charge in [0.25, 0.3) is 0 Å². The summed E-state index contributed by atoms with van der Waals surface area (Å²) in [7, 11) is -1.36. The lowest BCUT2D eigenvalue weighted by molar-refractivity contribution is -0.134. The highest BCUT2D eigenvalue weighted by Gasteiger charge is 2.32. The Morgan fingerprint density at radius 2 is 2.00 bits per heavy atom. The van der Waals surface area contributed by atoms with Gasteiger partial charge in [-0.25, -0.2) is 8.42 Å². The molecule has 0 aromatic heterocycles. The number of hydrogen-bond donors (Lipinski definition) is 0. The molecular formula is C15H26N2O5S. The first-order valence-corrected chi connectivity index (χ1v) is 9.94. The summed E-state index contributed by atoms with van der Waals surface area (Å²) in [5.41, 5.74) is 0. The number of rotatable bonds is 6. The molecule has 0 radical (unpaired) electrons. The van der Waals surface area contributed by atoms with Gasteiger partial charge in [0, 0.05) is 46.1 Å². The van der Waals surface area contributed by atoms with Gasteiger partial charge in [0.05, 0.1) is 17.6 Å². The lowest BCUT2D eigenvalue weighted by atomic mass is 10.2. The van der Waals surface area contributed by atoms with Gasteiger partial charge in [-0.1, -0.05) is 0 Å². The van der Waals surface area contributed by atoms with Crippen molar-refractivity contribution in [3.8, 4) is 0 Å².